The second kappa shape index (κ2) is 4.14. The fourth-order valence-corrected chi connectivity index (χ4v) is 2.12. The lowest BCUT2D eigenvalue weighted by Crippen LogP contribution is -2.16. The van der Waals surface area contributed by atoms with E-state index in [4.69, 9.17) is 15.6 Å². The first-order chi connectivity index (χ1) is 8.70. The van der Waals surface area contributed by atoms with Crippen LogP contribution in [-0.4, -0.2) is 43.5 Å². The zero-order valence-electron chi connectivity index (χ0n) is 9.40. The van der Waals surface area contributed by atoms with E-state index in [-0.39, 0.29) is 18.8 Å². The number of aromatic nitrogens is 4. The number of rotatable bonds is 2. The smallest absolute Gasteiger partial charge is 0.168 e. The first-order valence-corrected chi connectivity index (χ1v) is 5.54. The number of aliphatic hydroxyl groups is 1. The average Bonchev–Trinajstić information content (AvgIpc) is 2.93. The zero-order chi connectivity index (χ0) is 12.7. The first-order valence-electron chi connectivity index (χ1n) is 5.54. The third kappa shape index (κ3) is 1.61. The van der Waals surface area contributed by atoms with Gasteiger partial charge in [-0.15, -0.1) is 0 Å². The molecule has 96 valence electrons. The summed E-state index contributed by atoms with van der Waals surface area (Å²) in [5.74, 6) is 0.242. The Morgan fingerprint density at radius 3 is 3.06 bits per heavy atom. The molecule has 8 heteroatoms. The maximum absolute atomic E-state index is 13.9. The molecule has 0 saturated carbocycles. The number of anilines is 1. The highest BCUT2D eigenvalue weighted by atomic mass is 19.1. The van der Waals surface area contributed by atoms with Gasteiger partial charge in [0.05, 0.1) is 19.0 Å². The van der Waals surface area contributed by atoms with E-state index in [0.717, 1.165) is 0 Å². The summed E-state index contributed by atoms with van der Waals surface area (Å²) in [6.07, 6.45) is 0.328. The van der Waals surface area contributed by atoms with E-state index >= 15 is 0 Å². The molecule has 3 heterocycles. The lowest BCUT2D eigenvalue weighted by molar-refractivity contribution is -0.0351. The topological polar surface area (TPSA) is 99.1 Å². The molecule has 1 saturated heterocycles. The SMILES string of the molecule is Nc1ncnc2c1ncn2[C@@H]1O[C@@H](CO)C[C@@H]1F. The van der Waals surface area contributed by atoms with Gasteiger partial charge in [0, 0.05) is 6.42 Å². The molecule has 1 aliphatic heterocycles. The Balaban J connectivity index is 2.02. The maximum atomic E-state index is 13.9. The van der Waals surface area contributed by atoms with Crippen molar-refractivity contribution in [1.82, 2.24) is 19.5 Å². The van der Waals surface area contributed by atoms with Crippen LogP contribution < -0.4 is 5.73 Å². The molecule has 7 nitrogen and oxygen atoms in total. The molecule has 0 spiro atoms. The van der Waals surface area contributed by atoms with Crippen LogP contribution in [0.2, 0.25) is 0 Å². The molecule has 1 fully saturated rings. The third-order valence-electron chi connectivity index (χ3n) is 2.99. The fourth-order valence-electron chi connectivity index (χ4n) is 2.12. The number of fused-ring (bicyclic) bond motifs is 1. The fraction of sp³-hybridized carbons (Fsp3) is 0.500. The number of imidazole rings is 1. The monoisotopic (exact) mass is 253 g/mol. The number of nitrogens with zero attached hydrogens (tertiary/aromatic N) is 4. The summed E-state index contributed by atoms with van der Waals surface area (Å²) in [6.45, 7) is -0.208. The number of hydrogen-bond acceptors (Lipinski definition) is 6. The van der Waals surface area contributed by atoms with Crippen LogP contribution in [0.4, 0.5) is 10.2 Å². The standard InChI is InChI=1S/C10H12FN5O2/c11-6-1-5(2-17)18-10(6)16-4-15-7-8(12)13-3-14-9(7)16/h3-6,10,17H,1-2H2,(H2,12,13,14)/t5-,6+,10-/m1/s1. The van der Waals surface area contributed by atoms with Gasteiger partial charge in [0.15, 0.2) is 17.7 Å². The highest BCUT2D eigenvalue weighted by Gasteiger charge is 2.37. The normalized spacial score (nSPS) is 28.0. The van der Waals surface area contributed by atoms with Crippen molar-refractivity contribution in [3.63, 3.8) is 0 Å². The van der Waals surface area contributed by atoms with Gasteiger partial charge < -0.3 is 15.6 Å². The Morgan fingerprint density at radius 1 is 1.50 bits per heavy atom. The molecule has 0 radical (unpaired) electrons. The lowest BCUT2D eigenvalue weighted by Gasteiger charge is -2.15. The second-order valence-corrected chi connectivity index (χ2v) is 4.17. The molecule has 3 atom stereocenters. The highest BCUT2D eigenvalue weighted by Crippen LogP contribution is 2.33. The number of aliphatic hydroxyl groups excluding tert-OH is 1. The highest BCUT2D eigenvalue weighted by molar-refractivity contribution is 5.81. The molecule has 0 aliphatic carbocycles. The van der Waals surface area contributed by atoms with Crippen molar-refractivity contribution in [1.29, 1.82) is 0 Å². The van der Waals surface area contributed by atoms with Gasteiger partial charge in [-0.2, -0.15) is 0 Å². The van der Waals surface area contributed by atoms with Crippen molar-refractivity contribution < 1.29 is 14.2 Å². The van der Waals surface area contributed by atoms with Gasteiger partial charge in [-0.05, 0) is 0 Å². The minimum absolute atomic E-state index is 0.154. The van der Waals surface area contributed by atoms with Crippen LogP contribution in [-0.2, 0) is 4.74 Å². The van der Waals surface area contributed by atoms with Gasteiger partial charge in [0.2, 0.25) is 0 Å². The van der Waals surface area contributed by atoms with E-state index in [1.165, 1.54) is 17.2 Å². The maximum Gasteiger partial charge on any atom is 0.168 e. The van der Waals surface area contributed by atoms with Gasteiger partial charge in [-0.3, -0.25) is 4.57 Å². The number of nitrogens with two attached hydrogens (primary N) is 1. The largest absolute Gasteiger partial charge is 0.394 e. The van der Waals surface area contributed by atoms with Gasteiger partial charge in [0.1, 0.15) is 18.0 Å². The third-order valence-corrected chi connectivity index (χ3v) is 2.99. The van der Waals surface area contributed by atoms with Crippen LogP contribution in [0.25, 0.3) is 11.2 Å². The number of nitrogen functional groups attached to an aromatic ring is 1. The molecule has 18 heavy (non-hydrogen) atoms. The quantitative estimate of drug-likeness (QED) is 0.783. The van der Waals surface area contributed by atoms with Crippen molar-refractivity contribution in [3.05, 3.63) is 12.7 Å². The van der Waals surface area contributed by atoms with Crippen molar-refractivity contribution >= 4 is 17.0 Å². The number of halogens is 1. The van der Waals surface area contributed by atoms with Gasteiger partial charge in [0.25, 0.3) is 0 Å². The number of ether oxygens (including phenoxy) is 1. The molecule has 0 bridgehead atoms. The molecular weight excluding hydrogens is 241 g/mol. The van der Waals surface area contributed by atoms with Crippen molar-refractivity contribution in [2.75, 3.05) is 12.3 Å². The summed E-state index contributed by atoms with van der Waals surface area (Å²) in [5.41, 5.74) is 6.50. The van der Waals surface area contributed by atoms with E-state index in [0.29, 0.717) is 11.2 Å². The van der Waals surface area contributed by atoms with Crippen LogP contribution in [0.3, 0.4) is 0 Å². The van der Waals surface area contributed by atoms with E-state index in [2.05, 4.69) is 15.0 Å². The van der Waals surface area contributed by atoms with Gasteiger partial charge in [-0.25, -0.2) is 19.3 Å². The van der Waals surface area contributed by atoms with Crippen molar-refractivity contribution in [2.24, 2.45) is 0 Å². The predicted octanol–water partition coefficient (Wildman–Crippen LogP) is 0.0264. The summed E-state index contributed by atoms with van der Waals surface area (Å²) in [4.78, 5) is 11.9. The molecule has 0 amide bonds. The zero-order valence-corrected chi connectivity index (χ0v) is 9.40. The van der Waals surface area contributed by atoms with Crippen LogP contribution in [0.5, 0.6) is 0 Å². The van der Waals surface area contributed by atoms with Gasteiger partial charge >= 0.3 is 0 Å². The van der Waals surface area contributed by atoms with Crippen molar-refractivity contribution in [2.45, 2.75) is 24.9 Å². The van der Waals surface area contributed by atoms with E-state index < -0.39 is 18.5 Å². The lowest BCUT2D eigenvalue weighted by atomic mass is 10.2. The molecular formula is C10H12FN5O2. The summed E-state index contributed by atoms with van der Waals surface area (Å²) in [5, 5.41) is 8.99. The van der Waals surface area contributed by atoms with E-state index in [1.54, 1.807) is 0 Å². The Kier molecular flexibility index (Phi) is 2.60. The Morgan fingerprint density at radius 2 is 2.33 bits per heavy atom. The summed E-state index contributed by atoms with van der Waals surface area (Å²) < 4.78 is 20.7. The first kappa shape index (κ1) is 11.3. The minimum Gasteiger partial charge on any atom is -0.394 e. The van der Waals surface area contributed by atoms with Crippen molar-refractivity contribution in [3.8, 4) is 0 Å². The summed E-state index contributed by atoms with van der Waals surface area (Å²) in [7, 11) is 0. The summed E-state index contributed by atoms with van der Waals surface area (Å²) in [6, 6.07) is 0. The van der Waals surface area contributed by atoms with Crippen LogP contribution in [0, 0.1) is 0 Å². The Bertz CT molecular complexity index is 574. The van der Waals surface area contributed by atoms with Crippen LogP contribution >= 0.6 is 0 Å². The Labute approximate surface area is 101 Å². The Hall–Kier alpha value is -1.80. The molecule has 2 aromatic heterocycles. The molecule has 0 aromatic carbocycles. The number of hydrogen-bond donors (Lipinski definition) is 2. The average molecular weight is 253 g/mol. The molecule has 1 aliphatic rings. The predicted molar refractivity (Wildman–Crippen MR) is 60.2 cm³/mol. The second-order valence-electron chi connectivity index (χ2n) is 4.17. The molecule has 3 rings (SSSR count). The minimum atomic E-state index is -1.21. The number of alkyl halides is 1. The molecule has 0 unspecified atom stereocenters. The van der Waals surface area contributed by atoms with Crippen LogP contribution in [0.15, 0.2) is 12.7 Å². The summed E-state index contributed by atoms with van der Waals surface area (Å²) >= 11 is 0. The van der Waals surface area contributed by atoms with Gasteiger partial charge in [-0.1, -0.05) is 0 Å². The van der Waals surface area contributed by atoms with Crippen LogP contribution in [0.1, 0.15) is 12.6 Å². The molecule has 3 N–H and O–H groups in total. The van der Waals surface area contributed by atoms with E-state index in [1.807, 2.05) is 0 Å². The molecule has 2 aromatic rings. The van der Waals surface area contributed by atoms with E-state index in [9.17, 15) is 4.39 Å².